The molecule has 0 aliphatic heterocycles. The summed E-state index contributed by atoms with van der Waals surface area (Å²) in [7, 11) is 0. The molecule has 3 rings (SSSR count). The van der Waals surface area contributed by atoms with Gasteiger partial charge in [-0.15, -0.1) is 47.0 Å². The van der Waals surface area contributed by atoms with E-state index in [1.165, 1.54) is 22.3 Å². The topological polar surface area (TPSA) is 0 Å². The minimum absolute atomic E-state index is 0. The molecule has 18 heavy (non-hydrogen) atoms. The second-order valence-electron chi connectivity index (χ2n) is 4.11. The van der Waals surface area contributed by atoms with Gasteiger partial charge in [-0.1, -0.05) is 36.0 Å². The average molecular weight is 419 g/mol. The van der Waals surface area contributed by atoms with E-state index in [1.54, 1.807) is 0 Å². The summed E-state index contributed by atoms with van der Waals surface area (Å²) in [4.78, 5) is 0. The van der Waals surface area contributed by atoms with Crippen LogP contribution in [0, 0.1) is 6.07 Å². The van der Waals surface area contributed by atoms with Gasteiger partial charge in [-0.05, 0) is 12.8 Å². The Kier molecular flexibility index (Phi) is 6.04. The van der Waals surface area contributed by atoms with Crippen molar-refractivity contribution in [3.8, 4) is 0 Å². The zero-order chi connectivity index (χ0) is 10.8. The molecule has 0 fully saturated rings. The fourth-order valence-corrected chi connectivity index (χ4v) is 2.25. The van der Waals surface area contributed by atoms with Crippen LogP contribution in [0.15, 0.2) is 54.7 Å². The molecule has 0 saturated carbocycles. The first-order valence-corrected chi connectivity index (χ1v) is 5.68. The van der Waals surface area contributed by atoms with Crippen LogP contribution >= 0.6 is 0 Å². The van der Waals surface area contributed by atoms with Crippen LogP contribution in [0.3, 0.4) is 0 Å². The molecule has 0 atom stereocenters. The molecule has 1 aromatic carbocycles. The fraction of sp³-hybridized carbons (Fsp3) is 0.125. The molecule has 0 unspecified atom stereocenters. The Balaban J connectivity index is 0.000000810. The predicted octanol–water partition coefficient (Wildman–Crippen LogP) is 1.17. The Labute approximate surface area is 133 Å². The van der Waals surface area contributed by atoms with Crippen molar-refractivity contribution in [1.82, 2.24) is 0 Å². The number of halogens is 1. The number of hydrogen-bond donors (Lipinski definition) is 0. The van der Waals surface area contributed by atoms with Crippen molar-refractivity contribution < 1.29 is 38.3 Å². The minimum atomic E-state index is 0. The number of hydrogen-bond acceptors (Lipinski definition) is 0. The first-order chi connectivity index (χ1) is 7.95. The van der Waals surface area contributed by atoms with Gasteiger partial charge in [0.05, 0.1) is 0 Å². The van der Waals surface area contributed by atoms with E-state index < -0.39 is 0 Å². The van der Waals surface area contributed by atoms with Crippen LogP contribution in [-0.4, -0.2) is 0 Å². The standard InChI is InChI=1S/C16H13.ClH.Hf/c1-2-8-13(7-1)15-11-5-6-12-16(15)14-9-3-4-10-14;;/h1-7,9,11H,8,10H2;1H;/q-1;;/p-1. The van der Waals surface area contributed by atoms with E-state index in [4.69, 9.17) is 0 Å². The normalized spacial score (nSPS) is 15.8. The summed E-state index contributed by atoms with van der Waals surface area (Å²) >= 11 is 0. The van der Waals surface area contributed by atoms with Crippen LogP contribution in [0.5, 0.6) is 0 Å². The van der Waals surface area contributed by atoms with Crippen molar-refractivity contribution in [2.75, 3.05) is 0 Å². The molecule has 1 aromatic rings. The van der Waals surface area contributed by atoms with Crippen molar-refractivity contribution in [2.45, 2.75) is 12.8 Å². The molecular formula is C16H13ClHf-2. The summed E-state index contributed by atoms with van der Waals surface area (Å²) in [5.74, 6) is 0. The Morgan fingerprint density at radius 1 is 0.944 bits per heavy atom. The number of allylic oxidation sites excluding steroid dienone is 8. The molecule has 0 radical (unpaired) electrons. The SMILES string of the molecule is [Cl-].[Hf].[c-]1cccc(C2=CC=CC2)c1C1=CC=CC1. The van der Waals surface area contributed by atoms with Crippen LogP contribution < -0.4 is 12.4 Å². The average Bonchev–Trinajstić information content (AvgIpc) is 3.03. The summed E-state index contributed by atoms with van der Waals surface area (Å²) in [6, 6.07) is 9.65. The molecule has 2 aliphatic rings. The molecule has 90 valence electrons. The summed E-state index contributed by atoms with van der Waals surface area (Å²) < 4.78 is 0. The molecule has 0 bridgehead atoms. The van der Waals surface area contributed by atoms with Crippen LogP contribution in [0.1, 0.15) is 24.0 Å². The van der Waals surface area contributed by atoms with Gasteiger partial charge in [-0.3, -0.25) is 0 Å². The third kappa shape index (κ3) is 3.02. The zero-order valence-corrected chi connectivity index (χ0v) is 14.3. The third-order valence-corrected chi connectivity index (χ3v) is 3.07. The molecule has 0 spiro atoms. The van der Waals surface area contributed by atoms with E-state index in [1.807, 2.05) is 6.07 Å². The third-order valence-electron chi connectivity index (χ3n) is 3.07. The molecule has 0 saturated heterocycles. The van der Waals surface area contributed by atoms with Gasteiger partial charge in [0.1, 0.15) is 0 Å². The van der Waals surface area contributed by atoms with Gasteiger partial charge in [0.25, 0.3) is 0 Å². The maximum atomic E-state index is 3.38. The van der Waals surface area contributed by atoms with E-state index in [0.717, 1.165) is 12.8 Å². The zero-order valence-electron chi connectivity index (χ0n) is 9.99. The fourth-order valence-electron chi connectivity index (χ4n) is 2.25. The van der Waals surface area contributed by atoms with E-state index >= 15 is 0 Å². The molecule has 0 amide bonds. The van der Waals surface area contributed by atoms with Crippen molar-refractivity contribution in [1.29, 1.82) is 0 Å². The van der Waals surface area contributed by atoms with Gasteiger partial charge >= 0.3 is 0 Å². The van der Waals surface area contributed by atoms with Crippen molar-refractivity contribution in [3.05, 3.63) is 71.8 Å². The molecule has 0 N–H and O–H groups in total. The van der Waals surface area contributed by atoms with E-state index in [2.05, 4.69) is 54.7 Å². The second-order valence-corrected chi connectivity index (χ2v) is 4.11. The Morgan fingerprint density at radius 3 is 2.22 bits per heavy atom. The smallest absolute Gasteiger partial charge is 0 e. The molecular weight excluding hydrogens is 406 g/mol. The summed E-state index contributed by atoms with van der Waals surface area (Å²) in [6.45, 7) is 0. The van der Waals surface area contributed by atoms with Gasteiger partial charge < -0.3 is 12.4 Å². The molecule has 2 aliphatic carbocycles. The summed E-state index contributed by atoms with van der Waals surface area (Å²) in [5.41, 5.74) is 5.38. The molecule has 0 heterocycles. The number of benzene rings is 1. The first-order valence-electron chi connectivity index (χ1n) is 5.68. The van der Waals surface area contributed by atoms with Gasteiger partial charge in [-0.2, -0.15) is 0 Å². The van der Waals surface area contributed by atoms with Crippen LogP contribution in [0.25, 0.3) is 11.1 Å². The van der Waals surface area contributed by atoms with Crippen LogP contribution in [-0.2, 0) is 25.8 Å². The Morgan fingerprint density at radius 2 is 1.61 bits per heavy atom. The largest absolute Gasteiger partial charge is 1.00 e. The number of rotatable bonds is 2. The summed E-state index contributed by atoms with van der Waals surface area (Å²) in [5, 5.41) is 0. The van der Waals surface area contributed by atoms with Gasteiger partial charge in [0, 0.05) is 25.8 Å². The van der Waals surface area contributed by atoms with Crippen molar-refractivity contribution >= 4 is 11.1 Å². The van der Waals surface area contributed by atoms with Gasteiger partial charge in [0.15, 0.2) is 0 Å². The van der Waals surface area contributed by atoms with E-state index in [-0.39, 0.29) is 38.3 Å². The maximum absolute atomic E-state index is 3.38. The van der Waals surface area contributed by atoms with Crippen molar-refractivity contribution in [3.63, 3.8) is 0 Å². The van der Waals surface area contributed by atoms with E-state index in [0.29, 0.717) is 0 Å². The van der Waals surface area contributed by atoms with Gasteiger partial charge in [-0.25, -0.2) is 0 Å². The van der Waals surface area contributed by atoms with E-state index in [9.17, 15) is 0 Å². The maximum Gasteiger partial charge on any atom is 0 e. The molecule has 0 nitrogen and oxygen atoms in total. The first kappa shape index (κ1) is 15.4. The minimum Gasteiger partial charge on any atom is -1.00 e. The Bertz CT molecular complexity index is 487. The quantitative estimate of drug-likeness (QED) is 0.499. The predicted molar refractivity (Wildman–Crippen MR) is 68.7 cm³/mol. The van der Waals surface area contributed by atoms with Crippen molar-refractivity contribution in [2.24, 2.45) is 0 Å². The van der Waals surface area contributed by atoms with Gasteiger partial charge in [0.2, 0.25) is 0 Å². The molecule has 0 aromatic heterocycles. The Hall–Kier alpha value is -0.660. The monoisotopic (exact) mass is 420 g/mol. The summed E-state index contributed by atoms with van der Waals surface area (Å²) in [6.07, 6.45) is 15.1. The van der Waals surface area contributed by atoms with Crippen LogP contribution in [0.4, 0.5) is 0 Å². The molecule has 2 heteroatoms. The van der Waals surface area contributed by atoms with Crippen LogP contribution in [0.2, 0.25) is 0 Å². The second kappa shape index (κ2) is 7.06.